The molecule has 2 heterocycles. The molecule has 0 aliphatic heterocycles. The Hall–Kier alpha value is 0.900. The van der Waals surface area contributed by atoms with Crippen LogP contribution < -0.4 is 0 Å². The maximum absolute atomic E-state index is 4.83. The van der Waals surface area contributed by atoms with Crippen LogP contribution in [0.25, 0.3) is 0 Å². The van der Waals surface area contributed by atoms with Crippen LogP contribution in [0.1, 0.15) is 19.8 Å². The summed E-state index contributed by atoms with van der Waals surface area (Å²) in [7, 11) is 0. The summed E-state index contributed by atoms with van der Waals surface area (Å²) >= 11 is 26.1. The lowest BCUT2D eigenvalue weighted by molar-refractivity contribution is 1.27. The van der Waals surface area contributed by atoms with Gasteiger partial charge in [-0.3, -0.25) is 0 Å². The van der Waals surface area contributed by atoms with Crippen molar-refractivity contribution in [2.45, 2.75) is 29.4 Å². The normalized spacial score (nSPS) is 10.2. The molecule has 0 radical (unpaired) electrons. The van der Waals surface area contributed by atoms with Gasteiger partial charge in [-0.15, -0.1) is 22.7 Å². The SMILES string of the molecule is Cc1cnc(C)s1.Cc1cnc(CBr)s1.ClC(Cl)(Cl)Cl. The van der Waals surface area contributed by atoms with Crippen LogP contribution in [0.5, 0.6) is 0 Å². The molecular weight excluding hydrogens is 446 g/mol. The highest BCUT2D eigenvalue weighted by Gasteiger charge is 2.11. The van der Waals surface area contributed by atoms with Crippen LogP contribution in [0.3, 0.4) is 0 Å². The van der Waals surface area contributed by atoms with Crippen LogP contribution in [-0.4, -0.2) is 13.2 Å². The highest BCUT2D eigenvalue weighted by molar-refractivity contribution is 9.08. The number of hydrogen-bond acceptors (Lipinski definition) is 4. The van der Waals surface area contributed by atoms with Crippen molar-refractivity contribution >= 4 is 85.0 Å². The smallest absolute Gasteiger partial charge is 0.250 e. The van der Waals surface area contributed by atoms with E-state index in [1.165, 1.54) is 9.75 Å². The molecule has 20 heavy (non-hydrogen) atoms. The van der Waals surface area contributed by atoms with Crippen molar-refractivity contribution in [2.24, 2.45) is 0 Å². The van der Waals surface area contributed by atoms with Gasteiger partial charge in [-0.05, 0) is 20.8 Å². The molecule has 0 spiro atoms. The Morgan fingerprint density at radius 2 is 1.45 bits per heavy atom. The van der Waals surface area contributed by atoms with Crippen LogP contribution in [0.4, 0.5) is 0 Å². The molecule has 0 fully saturated rings. The Bertz CT molecular complexity index is 474. The van der Waals surface area contributed by atoms with Crippen LogP contribution in [-0.2, 0) is 5.33 Å². The van der Waals surface area contributed by atoms with Crippen LogP contribution in [0.15, 0.2) is 12.4 Å². The summed E-state index contributed by atoms with van der Waals surface area (Å²) in [4.78, 5) is 10.7. The number of rotatable bonds is 1. The van der Waals surface area contributed by atoms with Gasteiger partial charge in [0.05, 0.1) is 10.3 Å². The lowest BCUT2D eigenvalue weighted by Gasteiger charge is -1.91. The van der Waals surface area contributed by atoms with E-state index in [4.69, 9.17) is 46.4 Å². The molecule has 0 N–H and O–H groups in total. The summed E-state index contributed by atoms with van der Waals surface area (Å²) < 4.78 is -1.61. The topological polar surface area (TPSA) is 25.8 Å². The number of aryl methyl sites for hydroxylation is 3. The van der Waals surface area contributed by atoms with Gasteiger partial charge in [0.2, 0.25) is 0 Å². The molecule has 114 valence electrons. The average Bonchev–Trinajstić information content (AvgIpc) is 2.86. The molecule has 2 aromatic heterocycles. The first-order valence-electron chi connectivity index (χ1n) is 5.23. The molecule has 0 saturated carbocycles. The van der Waals surface area contributed by atoms with E-state index >= 15 is 0 Å². The zero-order chi connectivity index (χ0) is 15.8. The van der Waals surface area contributed by atoms with E-state index in [0.717, 1.165) is 15.3 Å². The van der Waals surface area contributed by atoms with E-state index in [9.17, 15) is 0 Å². The molecule has 0 bridgehead atoms. The van der Waals surface area contributed by atoms with E-state index in [-0.39, 0.29) is 0 Å². The second-order valence-corrected chi connectivity index (χ2v) is 10.2. The fourth-order valence-corrected chi connectivity index (χ4v) is 2.73. The molecular formula is C11H13BrCl4N2S2. The lowest BCUT2D eigenvalue weighted by Crippen LogP contribution is -1.81. The van der Waals surface area contributed by atoms with Crippen molar-refractivity contribution in [1.82, 2.24) is 9.97 Å². The first-order valence-corrected chi connectivity index (χ1v) is 9.50. The van der Waals surface area contributed by atoms with Gasteiger partial charge < -0.3 is 0 Å². The summed E-state index contributed by atoms with van der Waals surface area (Å²) in [6.45, 7) is 6.13. The van der Waals surface area contributed by atoms with E-state index < -0.39 is 3.25 Å². The lowest BCUT2D eigenvalue weighted by atomic mass is 10.6. The predicted octanol–water partition coefficient (Wildman–Crippen LogP) is 6.66. The highest BCUT2D eigenvalue weighted by atomic mass is 79.9. The largest absolute Gasteiger partial charge is 0.266 e. The minimum absolute atomic E-state index is 0.880. The minimum Gasteiger partial charge on any atom is -0.250 e. The Kier molecular flexibility index (Phi) is 11.1. The number of thiazole rings is 2. The fourth-order valence-electron chi connectivity index (χ4n) is 0.931. The second-order valence-electron chi connectivity index (χ2n) is 3.42. The molecule has 0 aliphatic rings. The van der Waals surface area contributed by atoms with E-state index in [0.29, 0.717) is 0 Å². The van der Waals surface area contributed by atoms with Gasteiger partial charge in [0.1, 0.15) is 5.01 Å². The summed E-state index contributed by atoms with van der Waals surface area (Å²) in [5.74, 6) is 0. The molecule has 2 aromatic rings. The van der Waals surface area contributed by atoms with Gasteiger partial charge in [0, 0.05) is 22.1 Å². The third-order valence-corrected chi connectivity index (χ3v) is 4.16. The fraction of sp³-hybridized carbons (Fsp3) is 0.455. The molecule has 0 amide bonds. The third-order valence-electron chi connectivity index (χ3n) is 1.52. The highest BCUT2D eigenvalue weighted by Crippen LogP contribution is 2.29. The molecule has 0 aliphatic carbocycles. The number of nitrogens with zero attached hydrogens (tertiary/aromatic N) is 2. The third kappa shape index (κ3) is 13.9. The molecule has 2 rings (SSSR count). The minimum atomic E-state index is -1.61. The van der Waals surface area contributed by atoms with E-state index in [1.807, 2.05) is 19.3 Å². The van der Waals surface area contributed by atoms with Crippen molar-refractivity contribution in [2.75, 3.05) is 0 Å². The number of halogens is 5. The standard InChI is InChI=1S/C5H6BrNS.C5H7NS.CCl4/c1-4-3-7-5(2-6)8-4;1-4-3-6-5(2)7-4;2-1(3,4)5/h3H,2H2,1H3;3H,1-2H3;. The molecule has 0 aromatic carbocycles. The number of alkyl halides is 5. The molecule has 0 unspecified atom stereocenters. The van der Waals surface area contributed by atoms with Crippen LogP contribution in [0.2, 0.25) is 0 Å². The van der Waals surface area contributed by atoms with Gasteiger partial charge in [-0.2, -0.15) is 0 Å². The molecule has 2 nitrogen and oxygen atoms in total. The van der Waals surface area contributed by atoms with Crippen molar-refractivity contribution in [3.63, 3.8) is 0 Å². The van der Waals surface area contributed by atoms with Crippen LogP contribution >= 0.6 is 85.0 Å². The first-order chi connectivity index (χ1) is 9.11. The second kappa shape index (κ2) is 10.6. The van der Waals surface area contributed by atoms with Gasteiger partial charge in [-0.1, -0.05) is 62.3 Å². The van der Waals surface area contributed by atoms with Crippen molar-refractivity contribution < 1.29 is 0 Å². The van der Waals surface area contributed by atoms with Gasteiger partial charge in [0.25, 0.3) is 3.25 Å². The Morgan fingerprint density at radius 1 is 1.00 bits per heavy atom. The maximum Gasteiger partial charge on any atom is 0.266 e. The van der Waals surface area contributed by atoms with E-state index in [1.54, 1.807) is 22.7 Å². The quantitative estimate of drug-likeness (QED) is 0.446. The number of hydrogen-bond donors (Lipinski definition) is 0. The Morgan fingerprint density at radius 3 is 1.60 bits per heavy atom. The van der Waals surface area contributed by atoms with Crippen LogP contribution in [0, 0.1) is 20.8 Å². The molecule has 9 heteroatoms. The van der Waals surface area contributed by atoms with Crippen molar-refractivity contribution in [1.29, 1.82) is 0 Å². The summed E-state index contributed by atoms with van der Waals surface area (Å²) in [6, 6.07) is 0. The summed E-state index contributed by atoms with van der Waals surface area (Å²) in [5, 5.41) is 3.19. The first kappa shape index (κ1) is 20.9. The number of aromatic nitrogens is 2. The maximum atomic E-state index is 4.83. The summed E-state index contributed by atoms with van der Waals surface area (Å²) in [5.41, 5.74) is 0. The zero-order valence-electron chi connectivity index (χ0n) is 11.0. The van der Waals surface area contributed by atoms with E-state index in [2.05, 4.69) is 39.7 Å². The van der Waals surface area contributed by atoms with Crippen molar-refractivity contribution in [3.05, 3.63) is 32.2 Å². The predicted molar refractivity (Wildman–Crippen MR) is 97.2 cm³/mol. The summed E-state index contributed by atoms with van der Waals surface area (Å²) in [6.07, 6.45) is 3.78. The van der Waals surface area contributed by atoms with Gasteiger partial charge in [0.15, 0.2) is 0 Å². The Labute approximate surface area is 155 Å². The average molecular weight is 459 g/mol. The molecule has 0 saturated heterocycles. The monoisotopic (exact) mass is 456 g/mol. The zero-order valence-corrected chi connectivity index (χ0v) is 17.2. The molecule has 0 atom stereocenters. The van der Waals surface area contributed by atoms with Gasteiger partial charge in [-0.25, -0.2) is 9.97 Å². The Balaban J connectivity index is 0.000000280. The van der Waals surface area contributed by atoms with Gasteiger partial charge >= 0.3 is 0 Å². The van der Waals surface area contributed by atoms with Crippen molar-refractivity contribution in [3.8, 4) is 0 Å².